The number of aromatic nitrogens is 1. The van der Waals surface area contributed by atoms with Gasteiger partial charge < -0.3 is 9.30 Å². The number of benzene rings is 1. The fraction of sp³-hybridized carbons (Fsp3) is 0.462. The van der Waals surface area contributed by atoms with E-state index in [0.717, 1.165) is 33.1 Å². The molecule has 1 aromatic carbocycles. The Labute approximate surface area is 140 Å². The number of ether oxygens (including phenoxy) is 1. The zero-order valence-electron chi connectivity index (χ0n) is 12.0. The van der Waals surface area contributed by atoms with Gasteiger partial charge in [-0.25, -0.2) is 0 Å². The summed E-state index contributed by atoms with van der Waals surface area (Å²) >= 11 is 3.18. The maximum Gasteiger partial charge on any atom is 0.573 e. The lowest BCUT2D eigenvalue weighted by Crippen LogP contribution is -2.17. The van der Waals surface area contributed by atoms with Gasteiger partial charge in [-0.3, -0.25) is 4.99 Å². The van der Waals surface area contributed by atoms with Gasteiger partial charge in [0.05, 0.1) is 10.2 Å². The Balaban J connectivity index is 0.00000242. The van der Waals surface area contributed by atoms with Crippen LogP contribution in [0.4, 0.5) is 13.2 Å². The number of hydrogen-bond donors (Lipinski definition) is 0. The first-order valence-corrected chi connectivity index (χ1v) is 8.31. The third-order valence-electron chi connectivity index (χ3n) is 2.74. The quantitative estimate of drug-likeness (QED) is 0.731. The minimum absolute atomic E-state index is 0. The zero-order chi connectivity index (χ0) is 15.5. The van der Waals surface area contributed by atoms with E-state index in [9.17, 15) is 13.2 Å². The summed E-state index contributed by atoms with van der Waals surface area (Å²) in [5, 5.41) is 0. The second-order valence-electron chi connectivity index (χ2n) is 4.13. The molecule has 0 aliphatic heterocycles. The number of rotatable bonds is 5. The lowest BCUT2D eigenvalue weighted by atomic mass is 10.3. The molecule has 0 bridgehead atoms. The molecule has 0 saturated carbocycles. The van der Waals surface area contributed by atoms with Crippen LogP contribution in [0.1, 0.15) is 6.92 Å². The Morgan fingerprint density at radius 3 is 2.68 bits per heavy atom. The molecule has 2 rings (SSSR count). The van der Waals surface area contributed by atoms with Crippen LogP contribution >= 0.6 is 35.5 Å². The summed E-state index contributed by atoms with van der Waals surface area (Å²) in [5.74, 6) is 1.77. The van der Waals surface area contributed by atoms with Crippen molar-refractivity contribution in [1.82, 2.24) is 4.57 Å². The Morgan fingerprint density at radius 2 is 2.09 bits per heavy atom. The van der Waals surface area contributed by atoms with Crippen LogP contribution in [0.5, 0.6) is 5.75 Å². The molecule has 0 aliphatic carbocycles. The highest BCUT2D eigenvalue weighted by Crippen LogP contribution is 2.28. The summed E-state index contributed by atoms with van der Waals surface area (Å²) in [6.07, 6.45) is -4.67. The third kappa shape index (κ3) is 4.82. The number of fused-ring (bicyclic) bond motifs is 1. The first kappa shape index (κ1) is 19.2. The van der Waals surface area contributed by atoms with E-state index in [2.05, 4.69) is 16.7 Å². The van der Waals surface area contributed by atoms with Crippen molar-refractivity contribution in [3.63, 3.8) is 0 Å². The van der Waals surface area contributed by atoms with E-state index in [-0.39, 0.29) is 18.2 Å². The van der Waals surface area contributed by atoms with Gasteiger partial charge in [0.15, 0.2) is 4.80 Å². The van der Waals surface area contributed by atoms with Crippen molar-refractivity contribution in [2.24, 2.45) is 4.99 Å². The van der Waals surface area contributed by atoms with Crippen molar-refractivity contribution < 1.29 is 17.9 Å². The van der Waals surface area contributed by atoms with Gasteiger partial charge in [0.25, 0.3) is 0 Å². The van der Waals surface area contributed by atoms with Gasteiger partial charge >= 0.3 is 6.36 Å². The first-order chi connectivity index (χ1) is 9.94. The molecule has 1 aromatic heterocycles. The number of aryl methyl sites for hydroxylation is 1. The second-order valence-corrected chi connectivity index (χ2v) is 6.54. The van der Waals surface area contributed by atoms with Crippen LogP contribution in [-0.2, 0) is 6.54 Å². The van der Waals surface area contributed by atoms with Crippen LogP contribution in [0.3, 0.4) is 0 Å². The van der Waals surface area contributed by atoms with Gasteiger partial charge in [-0.2, -0.15) is 11.8 Å². The van der Waals surface area contributed by atoms with Crippen LogP contribution < -0.4 is 9.54 Å². The van der Waals surface area contributed by atoms with E-state index in [4.69, 9.17) is 0 Å². The van der Waals surface area contributed by atoms with E-state index < -0.39 is 6.36 Å². The fourth-order valence-electron chi connectivity index (χ4n) is 1.94. The predicted octanol–water partition coefficient (Wildman–Crippen LogP) is 4.31. The highest BCUT2D eigenvalue weighted by Gasteiger charge is 2.31. The summed E-state index contributed by atoms with van der Waals surface area (Å²) in [5.41, 5.74) is 0.881. The normalized spacial score (nSPS) is 12.5. The van der Waals surface area contributed by atoms with Crippen molar-refractivity contribution in [3.8, 4) is 5.75 Å². The fourth-order valence-corrected chi connectivity index (χ4v) is 3.58. The summed E-state index contributed by atoms with van der Waals surface area (Å²) < 4.78 is 43.5. The van der Waals surface area contributed by atoms with Gasteiger partial charge in [0.2, 0.25) is 0 Å². The lowest BCUT2D eigenvalue weighted by molar-refractivity contribution is -0.274. The highest BCUT2D eigenvalue weighted by atomic mass is 35.5. The Morgan fingerprint density at radius 1 is 1.36 bits per heavy atom. The maximum atomic E-state index is 12.3. The number of thioether (sulfide) groups is 1. The average Bonchev–Trinajstić information content (AvgIpc) is 2.74. The van der Waals surface area contributed by atoms with Crippen molar-refractivity contribution >= 4 is 45.7 Å². The van der Waals surface area contributed by atoms with Gasteiger partial charge in [0, 0.05) is 19.3 Å². The standard InChI is InChI=1S/C13H15F3N2OS2.ClH/c1-3-20-7-6-18-10-5-4-9(19-13(14,15)16)8-11(10)21-12(18)17-2;/h4-5,8H,3,6-7H2,1-2H3;1H/b17-12+;. The molecule has 0 amide bonds. The Kier molecular flexibility index (Phi) is 7.08. The number of alkyl halides is 3. The van der Waals surface area contributed by atoms with Gasteiger partial charge in [-0.05, 0) is 24.0 Å². The number of thiazole rings is 1. The van der Waals surface area contributed by atoms with Crippen molar-refractivity contribution in [2.45, 2.75) is 19.8 Å². The molecule has 3 nitrogen and oxygen atoms in total. The highest BCUT2D eigenvalue weighted by molar-refractivity contribution is 7.99. The van der Waals surface area contributed by atoms with Crippen LogP contribution in [0, 0.1) is 0 Å². The molecule has 0 spiro atoms. The summed E-state index contributed by atoms with van der Waals surface area (Å²) in [4.78, 5) is 5.00. The van der Waals surface area contributed by atoms with Crippen LogP contribution in [0.25, 0.3) is 10.2 Å². The molecule has 124 valence electrons. The monoisotopic (exact) mass is 372 g/mol. The molecule has 0 atom stereocenters. The van der Waals surface area contributed by atoms with Crippen LogP contribution in [0.2, 0.25) is 0 Å². The zero-order valence-corrected chi connectivity index (χ0v) is 14.5. The maximum absolute atomic E-state index is 12.3. The van der Waals surface area contributed by atoms with Crippen molar-refractivity contribution in [3.05, 3.63) is 23.0 Å². The molecule has 0 saturated heterocycles. The molecular weight excluding hydrogens is 357 g/mol. The molecule has 0 N–H and O–H groups in total. The lowest BCUT2D eigenvalue weighted by Gasteiger charge is -2.09. The van der Waals surface area contributed by atoms with Gasteiger partial charge in [0.1, 0.15) is 5.75 Å². The van der Waals surface area contributed by atoms with Crippen molar-refractivity contribution in [1.29, 1.82) is 0 Å². The number of hydrogen-bond acceptors (Lipinski definition) is 4. The summed E-state index contributed by atoms with van der Waals surface area (Å²) in [6.45, 7) is 2.87. The molecule has 9 heteroatoms. The molecule has 2 aromatic rings. The second kappa shape index (κ2) is 8.12. The number of nitrogens with zero attached hydrogens (tertiary/aromatic N) is 2. The smallest absolute Gasteiger partial charge is 0.406 e. The minimum Gasteiger partial charge on any atom is -0.406 e. The third-order valence-corrected chi connectivity index (χ3v) is 4.75. The van der Waals surface area contributed by atoms with Gasteiger partial charge in [-0.15, -0.1) is 25.6 Å². The van der Waals surface area contributed by atoms with Crippen LogP contribution in [-0.4, -0.2) is 29.5 Å². The van der Waals surface area contributed by atoms with E-state index in [1.807, 2.05) is 16.3 Å². The van der Waals surface area contributed by atoms with Crippen LogP contribution in [0.15, 0.2) is 23.2 Å². The molecule has 0 radical (unpaired) electrons. The molecule has 0 unspecified atom stereocenters. The molecule has 22 heavy (non-hydrogen) atoms. The van der Waals surface area contributed by atoms with Crippen molar-refractivity contribution in [2.75, 3.05) is 18.6 Å². The molecule has 0 fully saturated rings. The van der Waals surface area contributed by atoms with E-state index in [0.29, 0.717) is 0 Å². The first-order valence-electron chi connectivity index (χ1n) is 6.34. The SMILES string of the molecule is CCSCCn1/c(=N\C)sc2cc(OC(F)(F)F)ccc21.Cl. The minimum atomic E-state index is -4.67. The topological polar surface area (TPSA) is 26.5 Å². The number of halogens is 4. The summed E-state index contributed by atoms with van der Waals surface area (Å²) in [6, 6.07) is 4.40. The average molecular weight is 373 g/mol. The van der Waals surface area contributed by atoms with E-state index >= 15 is 0 Å². The van der Waals surface area contributed by atoms with Gasteiger partial charge in [-0.1, -0.05) is 18.3 Å². The molecular formula is C13H16ClF3N2OS2. The molecule has 0 aliphatic rings. The summed E-state index contributed by atoms with van der Waals surface area (Å²) in [7, 11) is 1.68. The largest absolute Gasteiger partial charge is 0.573 e. The van der Waals surface area contributed by atoms with E-state index in [1.54, 1.807) is 13.1 Å². The molecule has 1 heterocycles. The van der Waals surface area contributed by atoms with E-state index in [1.165, 1.54) is 23.5 Å². The predicted molar refractivity (Wildman–Crippen MR) is 88.2 cm³/mol. The Hall–Kier alpha value is -0.860. The Bertz CT molecular complexity index is 682.